The molecular weight excluding hydrogens is 349 g/mol. The van der Waals surface area contributed by atoms with E-state index in [4.69, 9.17) is 4.74 Å². The largest absolute Gasteiger partial charge is 0.416 e. The maximum atomic E-state index is 12.8. The first-order chi connectivity index (χ1) is 12.2. The Labute approximate surface area is 150 Å². The molecular formula is C18H25F3N2O3. The predicted octanol–water partition coefficient (Wildman–Crippen LogP) is 2.00. The number of nitrogens with one attached hydrogen (secondary N) is 2. The molecule has 1 aliphatic heterocycles. The summed E-state index contributed by atoms with van der Waals surface area (Å²) in [6.07, 6.45) is -7.22. The fourth-order valence-electron chi connectivity index (χ4n) is 2.90. The zero-order valence-corrected chi connectivity index (χ0v) is 14.8. The number of carbonyl (C=O) groups is 1. The Morgan fingerprint density at radius 3 is 2.58 bits per heavy atom. The summed E-state index contributed by atoms with van der Waals surface area (Å²) in [6, 6.07) is 7.53. The maximum Gasteiger partial charge on any atom is 0.416 e. The lowest BCUT2D eigenvalue weighted by atomic mass is 9.97. The molecule has 0 spiro atoms. The average molecular weight is 374 g/mol. The fourth-order valence-corrected chi connectivity index (χ4v) is 2.90. The normalized spacial score (nSPS) is 23.0. The van der Waals surface area contributed by atoms with Gasteiger partial charge in [-0.05, 0) is 17.9 Å². The first-order valence-corrected chi connectivity index (χ1v) is 8.62. The van der Waals surface area contributed by atoms with E-state index < -0.39 is 36.2 Å². The van der Waals surface area contributed by atoms with Gasteiger partial charge >= 0.3 is 6.18 Å². The van der Waals surface area contributed by atoms with Crippen molar-refractivity contribution >= 4 is 5.91 Å². The molecule has 1 aliphatic rings. The molecule has 0 saturated carbocycles. The Bertz CT molecular complexity index is 581. The van der Waals surface area contributed by atoms with Gasteiger partial charge in [0.25, 0.3) is 0 Å². The number of aliphatic hydroxyl groups excluding tert-OH is 1. The van der Waals surface area contributed by atoms with Crippen molar-refractivity contribution in [2.24, 2.45) is 5.92 Å². The van der Waals surface area contributed by atoms with E-state index in [0.29, 0.717) is 19.6 Å². The molecule has 2 rings (SSSR count). The molecule has 1 fully saturated rings. The predicted molar refractivity (Wildman–Crippen MR) is 90.3 cm³/mol. The molecule has 1 saturated heterocycles. The topological polar surface area (TPSA) is 70.6 Å². The van der Waals surface area contributed by atoms with Crippen molar-refractivity contribution in [2.45, 2.75) is 57.3 Å². The summed E-state index contributed by atoms with van der Waals surface area (Å²) < 4.78 is 44.1. The molecule has 5 nitrogen and oxygen atoms in total. The Balaban J connectivity index is 1.85. The zero-order valence-electron chi connectivity index (χ0n) is 14.8. The Morgan fingerprint density at radius 1 is 1.35 bits per heavy atom. The number of hydrogen-bond donors (Lipinski definition) is 3. The van der Waals surface area contributed by atoms with Crippen molar-refractivity contribution in [3.05, 3.63) is 35.9 Å². The lowest BCUT2D eigenvalue weighted by molar-refractivity contribution is -0.215. The van der Waals surface area contributed by atoms with Crippen LogP contribution in [-0.2, 0) is 16.1 Å². The van der Waals surface area contributed by atoms with Crippen LogP contribution in [0.3, 0.4) is 0 Å². The third kappa shape index (κ3) is 5.69. The molecule has 0 unspecified atom stereocenters. The Hall–Kier alpha value is -1.64. The van der Waals surface area contributed by atoms with Crippen LogP contribution in [0, 0.1) is 5.92 Å². The molecule has 1 heterocycles. The number of benzene rings is 1. The van der Waals surface area contributed by atoms with Crippen molar-refractivity contribution in [1.29, 1.82) is 0 Å². The van der Waals surface area contributed by atoms with E-state index in [1.54, 1.807) is 0 Å². The van der Waals surface area contributed by atoms with Gasteiger partial charge in [0.05, 0.1) is 24.8 Å². The van der Waals surface area contributed by atoms with E-state index >= 15 is 0 Å². The van der Waals surface area contributed by atoms with Crippen LogP contribution in [0.15, 0.2) is 30.3 Å². The number of halogens is 3. The number of alkyl halides is 3. The van der Waals surface area contributed by atoms with Crippen molar-refractivity contribution in [3.8, 4) is 0 Å². The summed E-state index contributed by atoms with van der Waals surface area (Å²) in [5.41, 5.74) is 1.01. The second-order valence-electron chi connectivity index (χ2n) is 6.88. The third-order valence-corrected chi connectivity index (χ3v) is 4.44. The minimum Gasteiger partial charge on any atom is -0.382 e. The van der Waals surface area contributed by atoms with Crippen LogP contribution >= 0.6 is 0 Å². The van der Waals surface area contributed by atoms with E-state index in [1.165, 1.54) is 13.8 Å². The number of carbonyl (C=O) groups excluding carboxylic acids is 1. The molecule has 1 amide bonds. The van der Waals surface area contributed by atoms with Gasteiger partial charge in [0, 0.05) is 6.54 Å². The van der Waals surface area contributed by atoms with Crippen LogP contribution in [0.5, 0.6) is 0 Å². The minimum absolute atomic E-state index is 0.198. The van der Waals surface area contributed by atoms with Crippen molar-refractivity contribution in [1.82, 2.24) is 10.6 Å². The Kier molecular flexibility index (Phi) is 7.02. The SMILES string of the molecule is CC(C)[C@H](NC(=O)[C@@H]1C[C@@H](OCc2ccccc2)CN1)[C@H](O)C(F)(F)F. The molecule has 0 aliphatic carbocycles. The van der Waals surface area contributed by atoms with Crippen molar-refractivity contribution < 1.29 is 27.8 Å². The molecule has 8 heteroatoms. The number of rotatable bonds is 7. The first kappa shape index (κ1) is 20.7. The number of ether oxygens (including phenoxy) is 1. The summed E-state index contributed by atoms with van der Waals surface area (Å²) in [4.78, 5) is 12.3. The van der Waals surface area contributed by atoms with E-state index in [0.717, 1.165) is 5.56 Å². The highest BCUT2D eigenvalue weighted by Crippen LogP contribution is 2.25. The highest BCUT2D eigenvalue weighted by atomic mass is 19.4. The van der Waals surface area contributed by atoms with Gasteiger partial charge in [-0.2, -0.15) is 13.2 Å². The zero-order chi connectivity index (χ0) is 19.3. The van der Waals surface area contributed by atoms with Gasteiger partial charge < -0.3 is 20.5 Å². The summed E-state index contributed by atoms with van der Waals surface area (Å²) in [7, 11) is 0. The second-order valence-corrected chi connectivity index (χ2v) is 6.88. The van der Waals surface area contributed by atoms with Gasteiger partial charge in [-0.25, -0.2) is 0 Å². The standard InChI is InChI=1S/C18H25F3N2O3/c1-11(2)15(16(24)18(19,20)21)23-17(25)14-8-13(9-22-14)26-10-12-6-4-3-5-7-12/h3-7,11,13-16,22,24H,8-10H2,1-2H3,(H,23,25)/t13-,14+,15+,16+/m1/s1. The average Bonchev–Trinajstić information content (AvgIpc) is 3.06. The first-order valence-electron chi connectivity index (χ1n) is 8.62. The van der Waals surface area contributed by atoms with Gasteiger partial charge in [0.2, 0.25) is 5.91 Å². The van der Waals surface area contributed by atoms with Crippen LogP contribution in [0.1, 0.15) is 25.8 Å². The van der Waals surface area contributed by atoms with Gasteiger partial charge in [0.1, 0.15) is 0 Å². The molecule has 146 valence electrons. The van der Waals surface area contributed by atoms with Crippen molar-refractivity contribution in [2.75, 3.05) is 6.54 Å². The van der Waals surface area contributed by atoms with Gasteiger partial charge in [0.15, 0.2) is 6.10 Å². The highest BCUT2D eigenvalue weighted by Gasteiger charge is 2.46. The van der Waals surface area contributed by atoms with E-state index in [9.17, 15) is 23.1 Å². The van der Waals surface area contributed by atoms with E-state index in [2.05, 4.69) is 10.6 Å². The second kappa shape index (κ2) is 8.83. The van der Waals surface area contributed by atoms with Crippen LogP contribution in [0.2, 0.25) is 0 Å². The van der Waals surface area contributed by atoms with Crippen LogP contribution in [0.4, 0.5) is 13.2 Å². The summed E-state index contributed by atoms with van der Waals surface area (Å²) >= 11 is 0. The molecule has 0 radical (unpaired) electrons. The number of hydrogen-bond acceptors (Lipinski definition) is 4. The lowest BCUT2D eigenvalue weighted by Crippen LogP contribution is -2.55. The highest BCUT2D eigenvalue weighted by molar-refractivity contribution is 5.82. The van der Waals surface area contributed by atoms with Crippen LogP contribution in [-0.4, -0.2) is 48.0 Å². The molecule has 26 heavy (non-hydrogen) atoms. The van der Waals surface area contributed by atoms with Crippen LogP contribution < -0.4 is 10.6 Å². The lowest BCUT2D eigenvalue weighted by Gasteiger charge is -2.29. The summed E-state index contributed by atoms with van der Waals surface area (Å²) in [5, 5.41) is 14.8. The molecule has 3 N–H and O–H groups in total. The summed E-state index contributed by atoms with van der Waals surface area (Å²) in [6.45, 7) is 3.89. The molecule has 4 atom stereocenters. The number of aliphatic hydroxyl groups is 1. The third-order valence-electron chi connectivity index (χ3n) is 4.44. The van der Waals surface area contributed by atoms with E-state index in [1.807, 2.05) is 30.3 Å². The molecule has 1 aromatic rings. The van der Waals surface area contributed by atoms with E-state index in [-0.39, 0.29) is 6.10 Å². The van der Waals surface area contributed by atoms with Crippen molar-refractivity contribution in [3.63, 3.8) is 0 Å². The van der Waals surface area contributed by atoms with Crippen LogP contribution in [0.25, 0.3) is 0 Å². The monoisotopic (exact) mass is 374 g/mol. The molecule has 0 aromatic heterocycles. The Morgan fingerprint density at radius 2 is 2.00 bits per heavy atom. The van der Waals surface area contributed by atoms with Gasteiger partial charge in [-0.15, -0.1) is 0 Å². The van der Waals surface area contributed by atoms with Gasteiger partial charge in [-0.1, -0.05) is 44.2 Å². The maximum absolute atomic E-state index is 12.8. The molecule has 0 bridgehead atoms. The molecule has 1 aromatic carbocycles. The quantitative estimate of drug-likeness (QED) is 0.683. The minimum atomic E-state index is -4.79. The fraction of sp³-hybridized carbons (Fsp3) is 0.611. The number of amides is 1. The van der Waals surface area contributed by atoms with Gasteiger partial charge in [-0.3, -0.25) is 4.79 Å². The smallest absolute Gasteiger partial charge is 0.382 e. The summed E-state index contributed by atoms with van der Waals surface area (Å²) in [5.74, 6) is -1.13.